The molecule has 0 saturated carbocycles. The summed E-state index contributed by atoms with van der Waals surface area (Å²) in [6.45, 7) is 6.73. The van der Waals surface area contributed by atoms with Crippen molar-refractivity contribution in [3.63, 3.8) is 0 Å². The standard InChI is InChI=1S/C10H18N4/c1-3-7-14(4-2)10-9(8-11)5-6-12-13-10/h5-6H,3-4,7-8,11H2,1-2H3. The lowest BCUT2D eigenvalue weighted by Gasteiger charge is -2.22. The monoisotopic (exact) mass is 194 g/mol. The van der Waals surface area contributed by atoms with E-state index in [0.29, 0.717) is 6.54 Å². The van der Waals surface area contributed by atoms with E-state index >= 15 is 0 Å². The first-order valence-corrected chi connectivity index (χ1v) is 5.09. The van der Waals surface area contributed by atoms with Crippen LogP contribution in [0.15, 0.2) is 12.3 Å². The lowest BCUT2D eigenvalue weighted by Crippen LogP contribution is -2.26. The maximum atomic E-state index is 5.64. The number of nitrogens with zero attached hydrogens (tertiary/aromatic N) is 3. The van der Waals surface area contributed by atoms with E-state index in [2.05, 4.69) is 28.9 Å². The van der Waals surface area contributed by atoms with Crippen molar-refractivity contribution in [2.75, 3.05) is 18.0 Å². The highest BCUT2D eigenvalue weighted by molar-refractivity contribution is 5.45. The van der Waals surface area contributed by atoms with Crippen LogP contribution < -0.4 is 10.6 Å². The van der Waals surface area contributed by atoms with Crippen LogP contribution in [0.2, 0.25) is 0 Å². The van der Waals surface area contributed by atoms with Gasteiger partial charge in [0.15, 0.2) is 5.82 Å². The summed E-state index contributed by atoms with van der Waals surface area (Å²) in [4.78, 5) is 2.20. The Bertz CT molecular complexity index is 275. The molecular weight excluding hydrogens is 176 g/mol. The van der Waals surface area contributed by atoms with E-state index < -0.39 is 0 Å². The Morgan fingerprint density at radius 1 is 1.43 bits per heavy atom. The van der Waals surface area contributed by atoms with E-state index in [9.17, 15) is 0 Å². The van der Waals surface area contributed by atoms with Crippen LogP contribution in [-0.2, 0) is 6.54 Å². The van der Waals surface area contributed by atoms with E-state index in [-0.39, 0.29) is 0 Å². The Morgan fingerprint density at radius 2 is 2.21 bits per heavy atom. The second kappa shape index (κ2) is 5.54. The van der Waals surface area contributed by atoms with Gasteiger partial charge in [-0.1, -0.05) is 6.92 Å². The number of hydrogen-bond donors (Lipinski definition) is 1. The Balaban J connectivity index is 2.90. The second-order valence-electron chi connectivity index (χ2n) is 3.16. The minimum absolute atomic E-state index is 0.519. The van der Waals surface area contributed by atoms with E-state index in [1.54, 1.807) is 6.20 Å². The predicted octanol–water partition coefficient (Wildman–Crippen LogP) is 1.17. The van der Waals surface area contributed by atoms with Crippen LogP contribution in [0.25, 0.3) is 0 Å². The van der Waals surface area contributed by atoms with Gasteiger partial charge in [-0.3, -0.25) is 0 Å². The van der Waals surface area contributed by atoms with Crippen molar-refractivity contribution in [1.82, 2.24) is 10.2 Å². The fourth-order valence-corrected chi connectivity index (χ4v) is 1.46. The van der Waals surface area contributed by atoms with Gasteiger partial charge in [-0.2, -0.15) is 5.10 Å². The van der Waals surface area contributed by atoms with E-state index in [1.807, 2.05) is 6.07 Å². The SMILES string of the molecule is CCCN(CC)c1nnccc1CN. The molecule has 1 aromatic heterocycles. The summed E-state index contributed by atoms with van der Waals surface area (Å²) in [6, 6.07) is 1.93. The summed E-state index contributed by atoms with van der Waals surface area (Å²) >= 11 is 0. The van der Waals surface area contributed by atoms with Gasteiger partial charge in [0.1, 0.15) is 0 Å². The molecule has 0 unspecified atom stereocenters. The molecule has 1 aromatic rings. The minimum Gasteiger partial charge on any atom is -0.355 e. The van der Waals surface area contributed by atoms with Crippen LogP contribution in [0.5, 0.6) is 0 Å². The van der Waals surface area contributed by atoms with E-state index in [1.165, 1.54) is 0 Å². The number of rotatable bonds is 5. The highest BCUT2D eigenvalue weighted by Crippen LogP contribution is 2.15. The smallest absolute Gasteiger partial charge is 0.155 e. The normalized spacial score (nSPS) is 10.2. The van der Waals surface area contributed by atoms with E-state index in [4.69, 9.17) is 5.73 Å². The van der Waals surface area contributed by atoms with Crippen molar-refractivity contribution in [1.29, 1.82) is 0 Å². The fraction of sp³-hybridized carbons (Fsp3) is 0.600. The summed E-state index contributed by atoms with van der Waals surface area (Å²) in [5, 5.41) is 8.03. The van der Waals surface area contributed by atoms with Crippen molar-refractivity contribution in [3.05, 3.63) is 17.8 Å². The Morgan fingerprint density at radius 3 is 2.79 bits per heavy atom. The Hall–Kier alpha value is -1.16. The minimum atomic E-state index is 0.519. The van der Waals surface area contributed by atoms with Gasteiger partial charge < -0.3 is 10.6 Å². The molecule has 0 aliphatic carbocycles. The highest BCUT2D eigenvalue weighted by atomic mass is 15.3. The first-order chi connectivity index (χ1) is 6.83. The summed E-state index contributed by atoms with van der Waals surface area (Å²) in [5.41, 5.74) is 6.71. The van der Waals surface area contributed by atoms with Gasteiger partial charge in [0.05, 0.1) is 6.20 Å². The molecular formula is C10H18N4. The Kier molecular flexibility index (Phi) is 4.32. The van der Waals surface area contributed by atoms with Crippen molar-refractivity contribution in [2.45, 2.75) is 26.8 Å². The zero-order valence-electron chi connectivity index (χ0n) is 8.90. The lowest BCUT2D eigenvalue weighted by atomic mass is 10.2. The average Bonchev–Trinajstić information content (AvgIpc) is 2.26. The zero-order chi connectivity index (χ0) is 10.4. The third-order valence-corrected chi connectivity index (χ3v) is 2.18. The molecule has 0 aliphatic rings. The van der Waals surface area contributed by atoms with Crippen LogP contribution in [-0.4, -0.2) is 23.3 Å². The van der Waals surface area contributed by atoms with Crippen LogP contribution >= 0.6 is 0 Å². The Labute approximate surface area is 85.1 Å². The molecule has 1 rings (SSSR count). The first-order valence-electron chi connectivity index (χ1n) is 5.09. The molecule has 0 atom stereocenters. The summed E-state index contributed by atoms with van der Waals surface area (Å²) in [7, 11) is 0. The lowest BCUT2D eigenvalue weighted by molar-refractivity contribution is 0.757. The number of anilines is 1. The van der Waals surface area contributed by atoms with Crippen LogP contribution in [0.4, 0.5) is 5.82 Å². The molecule has 0 amide bonds. The van der Waals surface area contributed by atoms with Crippen LogP contribution in [0.3, 0.4) is 0 Å². The maximum absolute atomic E-state index is 5.64. The molecule has 14 heavy (non-hydrogen) atoms. The molecule has 78 valence electrons. The summed E-state index contributed by atoms with van der Waals surface area (Å²) in [5.74, 6) is 0.930. The maximum Gasteiger partial charge on any atom is 0.155 e. The van der Waals surface area contributed by atoms with Crippen molar-refractivity contribution < 1.29 is 0 Å². The van der Waals surface area contributed by atoms with Gasteiger partial charge in [0, 0.05) is 25.2 Å². The van der Waals surface area contributed by atoms with Crippen molar-refractivity contribution in [2.24, 2.45) is 5.73 Å². The molecule has 4 nitrogen and oxygen atoms in total. The van der Waals surface area contributed by atoms with Gasteiger partial charge >= 0.3 is 0 Å². The number of hydrogen-bond acceptors (Lipinski definition) is 4. The molecule has 0 fully saturated rings. The van der Waals surface area contributed by atoms with Gasteiger partial charge in [0.2, 0.25) is 0 Å². The summed E-state index contributed by atoms with van der Waals surface area (Å²) in [6.07, 6.45) is 2.79. The van der Waals surface area contributed by atoms with Gasteiger partial charge in [-0.15, -0.1) is 5.10 Å². The first kappa shape index (κ1) is 10.9. The molecule has 1 heterocycles. The molecule has 0 bridgehead atoms. The second-order valence-corrected chi connectivity index (χ2v) is 3.16. The van der Waals surface area contributed by atoms with Gasteiger partial charge in [-0.05, 0) is 19.4 Å². The van der Waals surface area contributed by atoms with E-state index in [0.717, 1.165) is 30.9 Å². The number of aromatic nitrogens is 2. The quantitative estimate of drug-likeness (QED) is 0.764. The molecule has 0 saturated heterocycles. The van der Waals surface area contributed by atoms with Crippen LogP contribution in [0.1, 0.15) is 25.8 Å². The van der Waals surface area contributed by atoms with Crippen LogP contribution in [0, 0.1) is 0 Å². The molecule has 0 aromatic carbocycles. The molecule has 2 N–H and O–H groups in total. The topological polar surface area (TPSA) is 55.0 Å². The molecule has 4 heteroatoms. The molecule has 0 radical (unpaired) electrons. The predicted molar refractivity (Wildman–Crippen MR) is 58.1 cm³/mol. The average molecular weight is 194 g/mol. The third-order valence-electron chi connectivity index (χ3n) is 2.18. The largest absolute Gasteiger partial charge is 0.355 e. The summed E-state index contributed by atoms with van der Waals surface area (Å²) < 4.78 is 0. The van der Waals surface area contributed by atoms with Crippen molar-refractivity contribution in [3.8, 4) is 0 Å². The highest BCUT2D eigenvalue weighted by Gasteiger charge is 2.09. The number of nitrogens with two attached hydrogens (primary N) is 1. The van der Waals surface area contributed by atoms with Gasteiger partial charge in [-0.25, -0.2) is 0 Å². The molecule has 0 aliphatic heterocycles. The molecule has 0 spiro atoms. The zero-order valence-corrected chi connectivity index (χ0v) is 8.90. The fourth-order valence-electron chi connectivity index (χ4n) is 1.46. The van der Waals surface area contributed by atoms with Crippen molar-refractivity contribution >= 4 is 5.82 Å². The third kappa shape index (κ3) is 2.42. The van der Waals surface area contributed by atoms with Gasteiger partial charge in [0.25, 0.3) is 0 Å².